The molecule has 0 radical (unpaired) electrons. The van der Waals surface area contributed by atoms with Crippen molar-refractivity contribution in [3.63, 3.8) is 0 Å². The molecule has 1 N–H and O–H groups in total. The Kier molecular flexibility index (Phi) is 4.20. The minimum Gasteiger partial charge on any atom is -0.479 e. The van der Waals surface area contributed by atoms with Crippen LogP contribution < -0.4 is 10.1 Å². The Hall–Kier alpha value is -3.00. The van der Waals surface area contributed by atoms with Crippen LogP contribution in [0, 0.1) is 6.92 Å². The lowest BCUT2D eigenvalue weighted by Crippen LogP contribution is -2.37. The number of ether oxygens (including phenoxy) is 1. The molecular weight excluding hydrogens is 354 g/mol. The fraction of sp³-hybridized carbons (Fsp3) is 0.400. The van der Waals surface area contributed by atoms with Crippen molar-refractivity contribution in [2.75, 3.05) is 13.7 Å². The lowest BCUT2D eigenvalue weighted by atomic mass is 10.0. The monoisotopic (exact) mass is 377 g/mol. The summed E-state index contributed by atoms with van der Waals surface area (Å²) < 4.78 is 9.50. The van der Waals surface area contributed by atoms with E-state index in [0.29, 0.717) is 11.9 Å². The number of fused-ring (bicyclic) bond motifs is 2. The van der Waals surface area contributed by atoms with Crippen LogP contribution in [0.1, 0.15) is 25.1 Å². The van der Waals surface area contributed by atoms with Gasteiger partial charge in [0.2, 0.25) is 5.88 Å². The second kappa shape index (κ2) is 6.87. The Morgan fingerprint density at radius 1 is 1.29 bits per heavy atom. The van der Waals surface area contributed by atoms with Gasteiger partial charge in [-0.2, -0.15) is 10.1 Å². The van der Waals surface area contributed by atoms with Crippen molar-refractivity contribution < 1.29 is 4.74 Å². The molecule has 0 amide bonds. The minimum absolute atomic E-state index is 0.484. The molecule has 0 saturated carbocycles. The van der Waals surface area contributed by atoms with E-state index in [1.165, 1.54) is 25.6 Å². The zero-order chi connectivity index (χ0) is 19.1. The van der Waals surface area contributed by atoms with Crippen LogP contribution in [0.2, 0.25) is 0 Å². The average Bonchev–Trinajstić information content (AvgIpc) is 3.30. The van der Waals surface area contributed by atoms with Gasteiger partial charge in [0, 0.05) is 36.1 Å². The average molecular weight is 377 g/mol. The molecule has 1 fully saturated rings. The lowest BCUT2D eigenvalue weighted by Gasteiger charge is -2.24. The van der Waals surface area contributed by atoms with Gasteiger partial charge in [-0.05, 0) is 38.4 Å². The number of hydrogen-bond acceptors (Lipinski definition) is 6. The van der Waals surface area contributed by atoms with Crippen molar-refractivity contribution >= 4 is 16.7 Å². The van der Waals surface area contributed by atoms with E-state index in [-0.39, 0.29) is 0 Å². The summed E-state index contributed by atoms with van der Waals surface area (Å²) in [7, 11) is 1.62. The van der Waals surface area contributed by atoms with Gasteiger partial charge in [0.05, 0.1) is 12.6 Å². The first kappa shape index (κ1) is 17.1. The Morgan fingerprint density at radius 2 is 2.21 bits per heavy atom. The number of pyridine rings is 1. The largest absolute Gasteiger partial charge is 0.479 e. The van der Waals surface area contributed by atoms with Crippen LogP contribution in [0.15, 0.2) is 30.9 Å². The molecule has 0 aliphatic carbocycles. The molecule has 28 heavy (non-hydrogen) atoms. The van der Waals surface area contributed by atoms with Crippen molar-refractivity contribution in [3.8, 4) is 17.0 Å². The highest BCUT2D eigenvalue weighted by molar-refractivity contribution is 5.87. The van der Waals surface area contributed by atoms with Crippen LogP contribution in [0.25, 0.3) is 27.8 Å². The van der Waals surface area contributed by atoms with E-state index in [2.05, 4.69) is 42.9 Å². The normalized spacial score (nSPS) is 17.4. The van der Waals surface area contributed by atoms with E-state index < -0.39 is 0 Å². The maximum Gasteiger partial charge on any atom is 0.241 e. The molecule has 0 spiro atoms. The molecular formula is C20H23N7O. The molecule has 1 atom stereocenters. The van der Waals surface area contributed by atoms with Crippen LogP contribution in [0.4, 0.5) is 0 Å². The van der Waals surface area contributed by atoms with E-state index in [4.69, 9.17) is 4.74 Å². The molecule has 5 rings (SSSR count). The molecule has 8 heteroatoms. The highest BCUT2D eigenvalue weighted by Crippen LogP contribution is 2.31. The molecule has 1 aliphatic rings. The van der Waals surface area contributed by atoms with Crippen LogP contribution in [-0.2, 0) is 6.54 Å². The smallest absolute Gasteiger partial charge is 0.241 e. The third kappa shape index (κ3) is 2.80. The lowest BCUT2D eigenvalue weighted by molar-refractivity contribution is 0.364. The van der Waals surface area contributed by atoms with Gasteiger partial charge >= 0.3 is 0 Å². The molecule has 1 aliphatic heterocycles. The van der Waals surface area contributed by atoms with E-state index >= 15 is 0 Å². The second-order valence-corrected chi connectivity index (χ2v) is 7.28. The van der Waals surface area contributed by atoms with Crippen LogP contribution >= 0.6 is 0 Å². The Balaban J connectivity index is 1.61. The summed E-state index contributed by atoms with van der Waals surface area (Å²) >= 11 is 0. The Morgan fingerprint density at radius 3 is 3.04 bits per heavy atom. The number of aryl methyl sites for hydroxylation is 1. The van der Waals surface area contributed by atoms with Crippen molar-refractivity contribution in [2.45, 2.75) is 38.8 Å². The number of methoxy groups -OCH3 is 1. The van der Waals surface area contributed by atoms with Gasteiger partial charge in [-0.15, -0.1) is 0 Å². The number of nitrogens with zero attached hydrogens (tertiary/aromatic N) is 6. The maximum absolute atomic E-state index is 5.45. The van der Waals surface area contributed by atoms with Crippen LogP contribution in [0.3, 0.4) is 0 Å². The number of imidazole rings is 1. The number of rotatable bonds is 4. The van der Waals surface area contributed by atoms with E-state index in [9.17, 15) is 0 Å². The molecule has 4 aromatic heterocycles. The van der Waals surface area contributed by atoms with Crippen molar-refractivity contribution in [3.05, 3.63) is 36.7 Å². The summed E-state index contributed by atoms with van der Waals surface area (Å²) in [4.78, 5) is 13.5. The molecule has 5 heterocycles. The van der Waals surface area contributed by atoms with Gasteiger partial charge < -0.3 is 14.6 Å². The molecule has 144 valence electrons. The first-order valence-corrected chi connectivity index (χ1v) is 9.67. The second-order valence-electron chi connectivity index (χ2n) is 7.28. The Bertz CT molecular complexity index is 1140. The summed E-state index contributed by atoms with van der Waals surface area (Å²) in [6.07, 6.45) is 9.01. The van der Waals surface area contributed by atoms with E-state index in [1.54, 1.807) is 11.6 Å². The van der Waals surface area contributed by atoms with Gasteiger partial charge in [0.15, 0.2) is 5.65 Å². The zero-order valence-corrected chi connectivity index (χ0v) is 16.1. The van der Waals surface area contributed by atoms with E-state index in [0.717, 1.165) is 46.7 Å². The molecule has 0 bridgehead atoms. The molecule has 0 aromatic carbocycles. The van der Waals surface area contributed by atoms with Gasteiger partial charge in [0.25, 0.3) is 0 Å². The summed E-state index contributed by atoms with van der Waals surface area (Å²) in [5, 5.41) is 7.90. The zero-order valence-electron chi connectivity index (χ0n) is 16.1. The highest BCUT2D eigenvalue weighted by atomic mass is 16.5. The van der Waals surface area contributed by atoms with Crippen molar-refractivity contribution in [1.82, 2.24) is 34.4 Å². The summed E-state index contributed by atoms with van der Waals surface area (Å²) in [5.41, 5.74) is 4.66. The maximum atomic E-state index is 5.45. The minimum atomic E-state index is 0.484. The Labute approximate surface area is 162 Å². The highest BCUT2D eigenvalue weighted by Gasteiger charge is 2.18. The number of hydrogen-bond donors (Lipinski definition) is 1. The van der Waals surface area contributed by atoms with Crippen LogP contribution in [-0.4, -0.2) is 48.8 Å². The number of nitrogens with one attached hydrogen (secondary N) is 1. The fourth-order valence-electron chi connectivity index (χ4n) is 4.11. The first-order valence-electron chi connectivity index (χ1n) is 9.67. The fourth-order valence-corrected chi connectivity index (χ4v) is 4.11. The quantitative estimate of drug-likeness (QED) is 0.589. The number of aromatic nitrogens is 6. The van der Waals surface area contributed by atoms with Gasteiger partial charge in [-0.25, -0.2) is 14.5 Å². The summed E-state index contributed by atoms with van der Waals surface area (Å²) in [6, 6.07) is 4.66. The van der Waals surface area contributed by atoms with Gasteiger partial charge in [0.1, 0.15) is 17.7 Å². The summed E-state index contributed by atoms with van der Waals surface area (Å²) in [6.45, 7) is 4.06. The third-order valence-electron chi connectivity index (χ3n) is 5.54. The van der Waals surface area contributed by atoms with Gasteiger partial charge in [-0.1, -0.05) is 6.42 Å². The van der Waals surface area contributed by atoms with Crippen LogP contribution in [0.5, 0.6) is 5.88 Å². The summed E-state index contributed by atoms with van der Waals surface area (Å²) in [5.74, 6) is 1.54. The molecule has 8 nitrogen and oxygen atoms in total. The molecule has 1 saturated heterocycles. The standard InChI is InChI=1S/C20H23N7O/c1-13-25-19-17(26(13)11-15-5-3-4-7-21-15)9-14(10-22-19)16-6-8-27-18(16)20(28-2)23-12-24-27/h6,8-10,12,15,21H,3-5,7,11H2,1-2H3. The predicted octanol–water partition coefficient (Wildman–Crippen LogP) is 2.60. The van der Waals surface area contributed by atoms with E-state index in [1.807, 2.05) is 18.5 Å². The molecule has 1 unspecified atom stereocenters. The SMILES string of the molecule is COc1ncnn2ccc(-c3cnc4nc(C)n(CC5CCCCN5)c4c3)c12. The van der Waals surface area contributed by atoms with Crippen molar-refractivity contribution in [2.24, 2.45) is 0 Å². The van der Waals surface area contributed by atoms with Gasteiger partial charge in [-0.3, -0.25) is 0 Å². The first-order chi connectivity index (χ1) is 13.7. The molecule has 4 aromatic rings. The third-order valence-corrected chi connectivity index (χ3v) is 5.54. The number of piperidine rings is 1. The predicted molar refractivity (Wildman–Crippen MR) is 106 cm³/mol. The van der Waals surface area contributed by atoms with Crippen molar-refractivity contribution in [1.29, 1.82) is 0 Å². The topological polar surface area (TPSA) is 82.2 Å².